The summed E-state index contributed by atoms with van der Waals surface area (Å²) in [5.74, 6) is 1.66. The number of ether oxygens (including phenoxy) is 1. The van der Waals surface area contributed by atoms with E-state index >= 15 is 0 Å². The summed E-state index contributed by atoms with van der Waals surface area (Å²) < 4.78 is 7.31. The molecular weight excluding hydrogens is 420 g/mol. The number of methoxy groups -OCH3 is 1. The smallest absolute Gasteiger partial charge is 0.228 e. The van der Waals surface area contributed by atoms with E-state index in [4.69, 9.17) is 4.74 Å². The van der Waals surface area contributed by atoms with Gasteiger partial charge in [0, 0.05) is 31.6 Å². The molecule has 9 heteroatoms. The van der Waals surface area contributed by atoms with Crippen molar-refractivity contribution in [2.45, 2.75) is 33.1 Å². The van der Waals surface area contributed by atoms with Gasteiger partial charge in [0.15, 0.2) is 17.4 Å². The van der Waals surface area contributed by atoms with Crippen molar-refractivity contribution in [3.8, 4) is 17.1 Å². The molecule has 0 atom stereocenters. The number of amides is 1. The zero-order valence-electron chi connectivity index (χ0n) is 19.3. The monoisotopic (exact) mass is 448 g/mol. The van der Waals surface area contributed by atoms with Crippen molar-refractivity contribution in [1.82, 2.24) is 19.7 Å². The largest absolute Gasteiger partial charge is 0.494 e. The van der Waals surface area contributed by atoms with Crippen LogP contribution < -0.4 is 15.4 Å². The fourth-order valence-electron chi connectivity index (χ4n) is 3.54. The number of hydrogen-bond donors (Lipinski definition) is 2. The van der Waals surface area contributed by atoms with E-state index in [1.165, 1.54) is 6.20 Å². The maximum absolute atomic E-state index is 12.9. The van der Waals surface area contributed by atoms with Gasteiger partial charge >= 0.3 is 0 Å². The molecule has 1 aromatic carbocycles. The van der Waals surface area contributed by atoms with Crippen molar-refractivity contribution in [2.24, 2.45) is 18.9 Å². The van der Waals surface area contributed by atoms with Gasteiger partial charge in [0.2, 0.25) is 5.91 Å². The predicted molar refractivity (Wildman–Crippen MR) is 126 cm³/mol. The van der Waals surface area contributed by atoms with Crippen molar-refractivity contribution < 1.29 is 14.3 Å². The predicted octanol–water partition coefficient (Wildman–Crippen LogP) is 4.21. The fraction of sp³-hybridized carbons (Fsp3) is 0.375. The molecule has 0 aliphatic heterocycles. The van der Waals surface area contributed by atoms with E-state index in [1.807, 2.05) is 32.0 Å². The summed E-state index contributed by atoms with van der Waals surface area (Å²) in [5, 5.41) is 10.5. The van der Waals surface area contributed by atoms with Crippen molar-refractivity contribution in [3.63, 3.8) is 0 Å². The maximum Gasteiger partial charge on any atom is 0.228 e. The number of anilines is 3. The molecule has 33 heavy (non-hydrogen) atoms. The number of rotatable bonds is 9. The second kappa shape index (κ2) is 9.40. The van der Waals surface area contributed by atoms with Crippen LogP contribution in [0, 0.1) is 11.8 Å². The Balaban J connectivity index is 1.71. The quantitative estimate of drug-likeness (QED) is 0.472. The molecule has 3 aromatic rings. The Kier molecular flexibility index (Phi) is 6.39. The third kappa shape index (κ3) is 5.19. The minimum absolute atomic E-state index is 0.0263. The number of nitrogens with one attached hydrogen (secondary N) is 2. The van der Waals surface area contributed by atoms with Crippen LogP contribution in [0.3, 0.4) is 0 Å². The molecule has 0 spiro atoms. The summed E-state index contributed by atoms with van der Waals surface area (Å²) in [7, 11) is 3.37. The van der Waals surface area contributed by atoms with Crippen LogP contribution >= 0.6 is 0 Å². The summed E-state index contributed by atoms with van der Waals surface area (Å²) in [6, 6.07) is 7.28. The molecule has 0 unspecified atom stereocenters. The lowest BCUT2D eigenvalue weighted by Gasteiger charge is -2.17. The second-order valence-corrected chi connectivity index (χ2v) is 8.65. The van der Waals surface area contributed by atoms with E-state index < -0.39 is 0 Å². The summed E-state index contributed by atoms with van der Waals surface area (Å²) in [4.78, 5) is 33.8. The number of pyridine rings is 1. The number of nitrogens with zero attached hydrogens (tertiary/aromatic N) is 4. The van der Waals surface area contributed by atoms with E-state index in [1.54, 1.807) is 31.2 Å². The Morgan fingerprint density at radius 2 is 2.00 bits per heavy atom. The highest BCUT2D eigenvalue weighted by atomic mass is 16.5. The Morgan fingerprint density at radius 1 is 1.21 bits per heavy atom. The van der Waals surface area contributed by atoms with Crippen LogP contribution in [0.4, 0.5) is 17.2 Å². The van der Waals surface area contributed by atoms with E-state index in [-0.39, 0.29) is 23.5 Å². The van der Waals surface area contributed by atoms with Crippen molar-refractivity contribution in [2.75, 3.05) is 17.7 Å². The first kappa shape index (κ1) is 22.4. The number of benzene rings is 1. The third-order valence-electron chi connectivity index (χ3n) is 5.33. The average molecular weight is 449 g/mol. The highest BCUT2D eigenvalue weighted by molar-refractivity contribution is 6.03. The van der Waals surface area contributed by atoms with Crippen LogP contribution in [0.15, 0.2) is 36.8 Å². The van der Waals surface area contributed by atoms with Gasteiger partial charge in [-0.05, 0) is 30.9 Å². The van der Waals surface area contributed by atoms with E-state index in [2.05, 4.69) is 25.7 Å². The minimum atomic E-state index is -0.0458. The molecule has 1 fully saturated rings. The van der Waals surface area contributed by atoms with Crippen molar-refractivity contribution in [3.05, 3.63) is 42.4 Å². The lowest BCUT2D eigenvalue weighted by atomic mass is 10.0. The van der Waals surface area contributed by atoms with Crippen LogP contribution in [-0.2, 0) is 11.8 Å². The molecule has 0 radical (unpaired) electrons. The first-order chi connectivity index (χ1) is 15.9. The minimum Gasteiger partial charge on any atom is -0.494 e. The van der Waals surface area contributed by atoms with Gasteiger partial charge in [0.1, 0.15) is 12.1 Å². The number of para-hydroxylation sites is 1. The topological polar surface area (TPSA) is 111 Å². The Morgan fingerprint density at radius 3 is 2.64 bits per heavy atom. The molecule has 4 rings (SSSR count). The van der Waals surface area contributed by atoms with Gasteiger partial charge in [-0.25, -0.2) is 9.97 Å². The number of aryl methyl sites for hydroxylation is 1. The lowest BCUT2D eigenvalue weighted by Crippen LogP contribution is -2.15. The van der Waals surface area contributed by atoms with Gasteiger partial charge in [-0.3, -0.25) is 14.3 Å². The van der Waals surface area contributed by atoms with Crippen LogP contribution in [0.5, 0.6) is 5.75 Å². The van der Waals surface area contributed by atoms with Crippen molar-refractivity contribution >= 4 is 28.9 Å². The Labute approximate surface area is 192 Å². The number of Topliss-reactive ketones (excluding diaryl/α,β-unsaturated/α-hetero) is 1. The van der Waals surface area contributed by atoms with Gasteiger partial charge in [0.05, 0.1) is 29.6 Å². The lowest BCUT2D eigenvalue weighted by molar-refractivity contribution is -0.117. The highest BCUT2D eigenvalue weighted by Crippen LogP contribution is 2.38. The van der Waals surface area contributed by atoms with Gasteiger partial charge in [-0.15, -0.1) is 0 Å². The van der Waals surface area contributed by atoms with E-state index in [9.17, 15) is 9.59 Å². The number of carbonyl (C=O) groups is 2. The SMILES string of the molecule is COc1c(Nc2cc(NC(=O)C3CC3)ncc2C(=O)CC(C)C)cccc1-c1ncn(C)n1. The van der Waals surface area contributed by atoms with Crippen LogP contribution in [-0.4, -0.2) is 38.5 Å². The van der Waals surface area contributed by atoms with E-state index in [0.29, 0.717) is 40.8 Å². The molecule has 1 saturated carbocycles. The standard InChI is InChI=1S/C24H28N6O3/c1-14(2)10-20(31)17-12-25-21(28-24(32)15-8-9-15)11-19(17)27-18-7-5-6-16(22(18)33-4)23-26-13-30(3)29-23/h5-7,11-15H,8-10H2,1-4H3,(H2,25,27,28,32). The molecule has 1 aliphatic rings. The molecule has 0 saturated heterocycles. The second-order valence-electron chi connectivity index (χ2n) is 8.65. The maximum atomic E-state index is 12.9. The van der Waals surface area contributed by atoms with E-state index in [0.717, 1.165) is 18.4 Å². The Hall–Kier alpha value is -3.75. The average Bonchev–Trinajstić information content (AvgIpc) is 3.54. The molecule has 1 aliphatic carbocycles. The van der Waals surface area contributed by atoms with Crippen LogP contribution in [0.25, 0.3) is 11.4 Å². The molecule has 2 heterocycles. The molecular formula is C24H28N6O3. The van der Waals surface area contributed by atoms with Crippen molar-refractivity contribution in [1.29, 1.82) is 0 Å². The summed E-state index contributed by atoms with van der Waals surface area (Å²) >= 11 is 0. The van der Waals surface area contributed by atoms with Gasteiger partial charge in [0.25, 0.3) is 0 Å². The highest BCUT2D eigenvalue weighted by Gasteiger charge is 2.30. The zero-order chi connectivity index (χ0) is 23.5. The molecule has 172 valence electrons. The molecule has 0 bridgehead atoms. The molecule has 9 nitrogen and oxygen atoms in total. The van der Waals surface area contributed by atoms with Gasteiger partial charge in [-0.1, -0.05) is 19.9 Å². The number of ketones is 1. The number of carbonyl (C=O) groups excluding carboxylic acids is 2. The van der Waals surface area contributed by atoms with Gasteiger partial charge in [-0.2, -0.15) is 5.10 Å². The summed E-state index contributed by atoms with van der Waals surface area (Å²) in [6.45, 7) is 3.99. The fourth-order valence-corrected chi connectivity index (χ4v) is 3.54. The van der Waals surface area contributed by atoms with Crippen LogP contribution in [0.1, 0.15) is 43.5 Å². The molecule has 2 aromatic heterocycles. The first-order valence-corrected chi connectivity index (χ1v) is 11.0. The zero-order valence-corrected chi connectivity index (χ0v) is 19.3. The molecule has 1 amide bonds. The van der Waals surface area contributed by atoms with Crippen LogP contribution in [0.2, 0.25) is 0 Å². The molecule has 2 N–H and O–H groups in total. The third-order valence-corrected chi connectivity index (χ3v) is 5.33. The normalized spacial score (nSPS) is 13.1. The Bertz CT molecular complexity index is 1180. The first-order valence-electron chi connectivity index (χ1n) is 11.0. The summed E-state index contributed by atoms with van der Waals surface area (Å²) in [5.41, 5.74) is 2.36. The van der Waals surface area contributed by atoms with Gasteiger partial charge < -0.3 is 15.4 Å². The number of aromatic nitrogens is 4. The number of hydrogen-bond acceptors (Lipinski definition) is 7. The summed E-state index contributed by atoms with van der Waals surface area (Å²) in [6.07, 6.45) is 5.32.